The average molecular weight is 239 g/mol. The van der Waals surface area contributed by atoms with Gasteiger partial charge in [0, 0.05) is 13.6 Å². The monoisotopic (exact) mass is 239 g/mol. The second kappa shape index (κ2) is 5.31. The van der Waals surface area contributed by atoms with Gasteiger partial charge < -0.3 is 10.4 Å². The number of aryl methyl sites for hydroxylation is 2. The van der Waals surface area contributed by atoms with E-state index in [1.54, 1.807) is 24.7 Å². The van der Waals surface area contributed by atoms with Crippen LogP contribution in [0.1, 0.15) is 42.9 Å². The highest BCUT2D eigenvalue weighted by atomic mass is 16.3. The highest BCUT2D eigenvalue weighted by Gasteiger charge is 2.21. The van der Waals surface area contributed by atoms with Gasteiger partial charge in [0.1, 0.15) is 5.69 Å². The van der Waals surface area contributed by atoms with Crippen molar-refractivity contribution in [2.24, 2.45) is 7.05 Å². The summed E-state index contributed by atoms with van der Waals surface area (Å²) in [7, 11) is 1.73. The van der Waals surface area contributed by atoms with Gasteiger partial charge in [-0.1, -0.05) is 13.3 Å². The van der Waals surface area contributed by atoms with Crippen LogP contribution in [0, 0.1) is 6.92 Å². The summed E-state index contributed by atoms with van der Waals surface area (Å²) in [5.41, 5.74) is 0.464. The predicted octanol–water partition coefficient (Wildman–Crippen LogP) is 1.01. The molecule has 0 aromatic carbocycles. The third kappa shape index (κ3) is 3.85. The van der Waals surface area contributed by atoms with E-state index in [0.29, 0.717) is 12.1 Å². The van der Waals surface area contributed by atoms with Crippen LogP contribution in [0.25, 0.3) is 0 Å². The molecule has 0 saturated heterocycles. The van der Waals surface area contributed by atoms with Gasteiger partial charge in [-0.25, -0.2) is 0 Å². The number of carbonyl (C=O) groups is 1. The molecule has 1 aromatic heterocycles. The van der Waals surface area contributed by atoms with Crippen molar-refractivity contribution in [3.8, 4) is 0 Å². The Bertz CT molecular complexity index is 396. The largest absolute Gasteiger partial charge is 0.388 e. The van der Waals surface area contributed by atoms with Crippen LogP contribution in [-0.2, 0) is 7.05 Å². The maximum atomic E-state index is 11.8. The van der Waals surface area contributed by atoms with E-state index in [1.165, 1.54) is 0 Å². The molecule has 0 fully saturated rings. The molecule has 5 heteroatoms. The summed E-state index contributed by atoms with van der Waals surface area (Å²) >= 11 is 0. The van der Waals surface area contributed by atoms with Crippen LogP contribution in [0.5, 0.6) is 0 Å². The van der Waals surface area contributed by atoms with Gasteiger partial charge in [0.2, 0.25) is 0 Å². The first-order valence-corrected chi connectivity index (χ1v) is 5.87. The Labute approximate surface area is 102 Å². The molecule has 1 amide bonds. The Balaban J connectivity index is 2.59. The van der Waals surface area contributed by atoms with Gasteiger partial charge in [-0.3, -0.25) is 9.48 Å². The summed E-state index contributed by atoms with van der Waals surface area (Å²) < 4.78 is 1.54. The molecule has 0 aliphatic heterocycles. The van der Waals surface area contributed by atoms with E-state index in [4.69, 9.17) is 0 Å². The standard InChI is InChI=1S/C12H21N3O2/c1-5-6-12(3,17)8-13-11(16)10-7-9(2)14-15(10)4/h7,17H,5-6,8H2,1-4H3,(H,13,16). The minimum atomic E-state index is -0.849. The third-order valence-corrected chi connectivity index (χ3v) is 2.65. The van der Waals surface area contributed by atoms with Crippen molar-refractivity contribution in [3.05, 3.63) is 17.5 Å². The van der Waals surface area contributed by atoms with Gasteiger partial charge in [-0.05, 0) is 26.3 Å². The van der Waals surface area contributed by atoms with Gasteiger partial charge >= 0.3 is 0 Å². The lowest BCUT2D eigenvalue weighted by atomic mass is 10.0. The lowest BCUT2D eigenvalue weighted by molar-refractivity contribution is 0.0467. The van der Waals surface area contributed by atoms with Crippen LogP contribution in [0.2, 0.25) is 0 Å². The summed E-state index contributed by atoms with van der Waals surface area (Å²) in [6.07, 6.45) is 1.55. The maximum absolute atomic E-state index is 11.8. The average Bonchev–Trinajstić information content (AvgIpc) is 2.54. The lowest BCUT2D eigenvalue weighted by Gasteiger charge is -2.22. The number of hydrogen-bond donors (Lipinski definition) is 2. The fourth-order valence-electron chi connectivity index (χ4n) is 1.81. The molecule has 1 rings (SSSR count). The molecule has 2 N–H and O–H groups in total. The number of nitrogens with zero attached hydrogens (tertiary/aromatic N) is 2. The van der Waals surface area contributed by atoms with Crippen molar-refractivity contribution < 1.29 is 9.90 Å². The molecule has 17 heavy (non-hydrogen) atoms. The number of hydrogen-bond acceptors (Lipinski definition) is 3. The summed E-state index contributed by atoms with van der Waals surface area (Å²) in [6.45, 7) is 5.82. The van der Waals surface area contributed by atoms with Crippen molar-refractivity contribution >= 4 is 5.91 Å². The molecule has 0 spiro atoms. The summed E-state index contributed by atoms with van der Waals surface area (Å²) in [5, 5.41) is 16.8. The van der Waals surface area contributed by atoms with Gasteiger partial charge in [-0.2, -0.15) is 5.10 Å². The van der Waals surface area contributed by atoms with E-state index in [9.17, 15) is 9.90 Å². The molecular formula is C12H21N3O2. The number of nitrogens with one attached hydrogen (secondary N) is 1. The highest BCUT2D eigenvalue weighted by Crippen LogP contribution is 2.10. The Morgan fingerprint density at radius 1 is 1.65 bits per heavy atom. The van der Waals surface area contributed by atoms with Crippen LogP contribution in [0.15, 0.2) is 6.07 Å². The SMILES string of the molecule is CCCC(C)(O)CNC(=O)c1cc(C)nn1C. The van der Waals surface area contributed by atoms with E-state index in [1.807, 2.05) is 13.8 Å². The first-order chi connectivity index (χ1) is 7.85. The molecule has 0 aliphatic rings. The first-order valence-electron chi connectivity index (χ1n) is 5.87. The zero-order chi connectivity index (χ0) is 13.1. The Hall–Kier alpha value is -1.36. The van der Waals surface area contributed by atoms with E-state index in [2.05, 4.69) is 10.4 Å². The predicted molar refractivity (Wildman–Crippen MR) is 65.8 cm³/mol. The minimum Gasteiger partial charge on any atom is -0.388 e. The van der Waals surface area contributed by atoms with Crippen molar-refractivity contribution in [1.29, 1.82) is 0 Å². The molecule has 1 heterocycles. The molecule has 1 aromatic rings. The van der Waals surface area contributed by atoms with Crippen LogP contribution in [-0.4, -0.2) is 32.9 Å². The van der Waals surface area contributed by atoms with Crippen molar-refractivity contribution in [2.45, 2.75) is 39.2 Å². The van der Waals surface area contributed by atoms with Gasteiger partial charge in [0.15, 0.2) is 0 Å². The second-order valence-electron chi connectivity index (χ2n) is 4.72. The number of amides is 1. The summed E-state index contributed by atoms with van der Waals surface area (Å²) in [6, 6.07) is 1.73. The zero-order valence-electron chi connectivity index (χ0n) is 10.9. The highest BCUT2D eigenvalue weighted by molar-refractivity contribution is 5.92. The summed E-state index contributed by atoms with van der Waals surface area (Å²) in [4.78, 5) is 11.8. The quantitative estimate of drug-likeness (QED) is 0.806. The molecule has 0 radical (unpaired) electrons. The van der Waals surface area contributed by atoms with Crippen molar-refractivity contribution in [1.82, 2.24) is 15.1 Å². The number of aliphatic hydroxyl groups is 1. The Kier molecular flexibility index (Phi) is 4.28. The minimum absolute atomic E-state index is 0.204. The Morgan fingerprint density at radius 3 is 2.76 bits per heavy atom. The number of rotatable bonds is 5. The van der Waals surface area contributed by atoms with Crippen LogP contribution in [0.4, 0.5) is 0 Å². The van der Waals surface area contributed by atoms with Crippen LogP contribution in [0.3, 0.4) is 0 Å². The fourth-order valence-corrected chi connectivity index (χ4v) is 1.81. The molecule has 1 atom stereocenters. The van der Waals surface area contributed by atoms with Gasteiger partial charge in [0.05, 0.1) is 11.3 Å². The third-order valence-electron chi connectivity index (χ3n) is 2.65. The molecule has 96 valence electrons. The van der Waals surface area contributed by atoms with Gasteiger partial charge in [-0.15, -0.1) is 0 Å². The van der Waals surface area contributed by atoms with Gasteiger partial charge in [0.25, 0.3) is 5.91 Å². The lowest BCUT2D eigenvalue weighted by Crippen LogP contribution is -2.41. The number of carbonyl (C=O) groups excluding carboxylic acids is 1. The zero-order valence-corrected chi connectivity index (χ0v) is 10.9. The fraction of sp³-hybridized carbons (Fsp3) is 0.667. The molecule has 5 nitrogen and oxygen atoms in total. The smallest absolute Gasteiger partial charge is 0.269 e. The van der Waals surface area contributed by atoms with Crippen LogP contribution >= 0.6 is 0 Å². The maximum Gasteiger partial charge on any atom is 0.269 e. The molecule has 1 unspecified atom stereocenters. The first kappa shape index (κ1) is 13.7. The molecule has 0 aliphatic carbocycles. The van der Waals surface area contributed by atoms with E-state index in [0.717, 1.165) is 12.1 Å². The van der Waals surface area contributed by atoms with Crippen molar-refractivity contribution in [2.75, 3.05) is 6.54 Å². The topological polar surface area (TPSA) is 67.2 Å². The summed E-state index contributed by atoms with van der Waals surface area (Å²) in [5.74, 6) is -0.204. The number of aromatic nitrogens is 2. The van der Waals surface area contributed by atoms with E-state index < -0.39 is 5.60 Å². The van der Waals surface area contributed by atoms with Crippen molar-refractivity contribution in [3.63, 3.8) is 0 Å². The molecule has 0 saturated carbocycles. The normalized spacial score (nSPS) is 14.4. The van der Waals surface area contributed by atoms with E-state index >= 15 is 0 Å². The Morgan fingerprint density at radius 2 is 2.29 bits per heavy atom. The molecular weight excluding hydrogens is 218 g/mol. The van der Waals surface area contributed by atoms with E-state index in [-0.39, 0.29) is 12.5 Å². The van der Waals surface area contributed by atoms with Crippen LogP contribution < -0.4 is 5.32 Å². The second-order valence-corrected chi connectivity index (χ2v) is 4.72. The molecule has 0 bridgehead atoms.